The Kier molecular flexibility index (Phi) is 4.55. The lowest BCUT2D eigenvalue weighted by Crippen LogP contribution is -2.43. The number of benzene rings is 1. The summed E-state index contributed by atoms with van der Waals surface area (Å²) in [6.45, 7) is 0.422. The standard InChI is InChI=1S/C13H17ClN2O3S/c1-16(8-10-3-2-4-11(14)7-10)13(17)15-12-5-6-20(18,19)9-12/h2-4,7,12H,5-6,8-9H2,1H3,(H,15,17). The van der Waals surface area contributed by atoms with Crippen LogP contribution in [-0.4, -0.2) is 43.9 Å². The molecular formula is C13H17ClN2O3S. The molecule has 1 saturated heterocycles. The van der Waals surface area contributed by atoms with Gasteiger partial charge in [-0.25, -0.2) is 13.2 Å². The van der Waals surface area contributed by atoms with Crippen LogP contribution in [0.15, 0.2) is 24.3 Å². The number of urea groups is 1. The van der Waals surface area contributed by atoms with Gasteiger partial charge in [-0.1, -0.05) is 23.7 Å². The number of nitrogens with one attached hydrogen (secondary N) is 1. The summed E-state index contributed by atoms with van der Waals surface area (Å²) in [7, 11) is -1.32. The fraction of sp³-hybridized carbons (Fsp3) is 0.462. The lowest BCUT2D eigenvalue weighted by molar-refractivity contribution is 0.203. The SMILES string of the molecule is CN(Cc1cccc(Cl)c1)C(=O)NC1CCS(=O)(=O)C1. The fourth-order valence-corrected chi connectivity index (χ4v) is 4.06. The third kappa shape index (κ3) is 4.11. The third-order valence-corrected chi connectivity index (χ3v) is 5.22. The molecule has 0 radical (unpaired) electrons. The van der Waals surface area contributed by atoms with Crippen molar-refractivity contribution >= 4 is 27.5 Å². The first-order valence-corrected chi connectivity index (χ1v) is 8.52. The van der Waals surface area contributed by atoms with E-state index in [0.29, 0.717) is 18.0 Å². The van der Waals surface area contributed by atoms with E-state index in [2.05, 4.69) is 5.32 Å². The van der Waals surface area contributed by atoms with Gasteiger partial charge in [-0.3, -0.25) is 0 Å². The highest BCUT2D eigenvalue weighted by Crippen LogP contribution is 2.14. The number of carbonyl (C=O) groups excluding carboxylic acids is 1. The molecule has 1 unspecified atom stereocenters. The second-order valence-electron chi connectivity index (χ2n) is 5.04. The maximum Gasteiger partial charge on any atom is 0.317 e. The van der Waals surface area contributed by atoms with E-state index in [4.69, 9.17) is 11.6 Å². The van der Waals surface area contributed by atoms with Crippen molar-refractivity contribution in [1.29, 1.82) is 0 Å². The molecule has 110 valence electrons. The summed E-state index contributed by atoms with van der Waals surface area (Å²) < 4.78 is 22.7. The van der Waals surface area contributed by atoms with Gasteiger partial charge in [0, 0.05) is 24.7 Å². The number of hydrogen-bond donors (Lipinski definition) is 1. The minimum absolute atomic E-state index is 0.0315. The maximum atomic E-state index is 12.0. The zero-order valence-electron chi connectivity index (χ0n) is 11.2. The zero-order valence-corrected chi connectivity index (χ0v) is 12.7. The Labute approximate surface area is 123 Å². The van der Waals surface area contributed by atoms with E-state index in [-0.39, 0.29) is 23.6 Å². The molecular weight excluding hydrogens is 300 g/mol. The first-order chi connectivity index (χ1) is 9.35. The summed E-state index contributed by atoms with van der Waals surface area (Å²) in [4.78, 5) is 13.5. The second kappa shape index (κ2) is 6.01. The van der Waals surface area contributed by atoms with Gasteiger partial charge in [-0.15, -0.1) is 0 Å². The van der Waals surface area contributed by atoms with Gasteiger partial charge in [0.25, 0.3) is 0 Å². The highest BCUT2D eigenvalue weighted by molar-refractivity contribution is 7.91. The van der Waals surface area contributed by atoms with Gasteiger partial charge in [0.2, 0.25) is 0 Å². The Morgan fingerprint density at radius 1 is 1.50 bits per heavy atom. The third-order valence-electron chi connectivity index (χ3n) is 3.22. The van der Waals surface area contributed by atoms with E-state index in [9.17, 15) is 13.2 Å². The van der Waals surface area contributed by atoms with Gasteiger partial charge in [0.05, 0.1) is 11.5 Å². The van der Waals surface area contributed by atoms with E-state index in [1.165, 1.54) is 4.90 Å². The Morgan fingerprint density at radius 2 is 2.25 bits per heavy atom. The largest absolute Gasteiger partial charge is 0.334 e. The molecule has 0 aromatic heterocycles. The van der Waals surface area contributed by atoms with Crippen LogP contribution >= 0.6 is 11.6 Å². The maximum absolute atomic E-state index is 12.0. The molecule has 1 aromatic carbocycles. The number of rotatable bonds is 3. The van der Waals surface area contributed by atoms with Crippen molar-refractivity contribution in [3.63, 3.8) is 0 Å². The van der Waals surface area contributed by atoms with Crippen LogP contribution in [0.4, 0.5) is 4.79 Å². The molecule has 1 fully saturated rings. The van der Waals surface area contributed by atoms with E-state index in [1.54, 1.807) is 19.2 Å². The molecule has 0 saturated carbocycles. The van der Waals surface area contributed by atoms with Crippen molar-refractivity contribution in [2.75, 3.05) is 18.6 Å². The molecule has 1 atom stereocenters. The van der Waals surface area contributed by atoms with E-state index < -0.39 is 9.84 Å². The van der Waals surface area contributed by atoms with Gasteiger partial charge in [-0.05, 0) is 24.1 Å². The summed E-state index contributed by atoms with van der Waals surface area (Å²) >= 11 is 5.89. The average Bonchev–Trinajstić information content (AvgIpc) is 2.68. The van der Waals surface area contributed by atoms with Crippen LogP contribution in [0.25, 0.3) is 0 Å². The van der Waals surface area contributed by atoms with Gasteiger partial charge in [-0.2, -0.15) is 0 Å². The van der Waals surface area contributed by atoms with Crippen LogP contribution in [0.5, 0.6) is 0 Å². The number of halogens is 1. The molecule has 1 aliphatic rings. The van der Waals surface area contributed by atoms with Crippen LogP contribution < -0.4 is 5.32 Å². The lowest BCUT2D eigenvalue weighted by atomic mass is 10.2. The Bertz CT molecular complexity index is 603. The minimum atomic E-state index is -2.98. The monoisotopic (exact) mass is 316 g/mol. The van der Waals surface area contributed by atoms with Crippen molar-refractivity contribution in [3.05, 3.63) is 34.9 Å². The zero-order chi connectivity index (χ0) is 14.8. The lowest BCUT2D eigenvalue weighted by Gasteiger charge is -2.20. The number of carbonyl (C=O) groups is 1. The van der Waals surface area contributed by atoms with Crippen molar-refractivity contribution < 1.29 is 13.2 Å². The van der Waals surface area contributed by atoms with Gasteiger partial charge < -0.3 is 10.2 Å². The summed E-state index contributed by atoms with van der Waals surface area (Å²) in [6, 6.07) is 6.73. The molecule has 5 nitrogen and oxygen atoms in total. The molecule has 1 aliphatic heterocycles. The molecule has 2 rings (SSSR count). The van der Waals surface area contributed by atoms with Crippen LogP contribution in [-0.2, 0) is 16.4 Å². The predicted octanol–water partition coefficient (Wildman–Crippen LogP) is 1.67. The topological polar surface area (TPSA) is 66.5 Å². The molecule has 0 bridgehead atoms. The van der Waals surface area contributed by atoms with Crippen LogP contribution in [0.1, 0.15) is 12.0 Å². The van der Waals surface area contributed by atoms with Crippen molar-refractivity contribution in [2.24, 2.45) is 0 Å². The van der Waals surface area contributed by atoms with Crippen LogP contribution in [0, 0.1) is 0 Å². The quantitative estimate of drug-likeness (QED) is 0.922. The van der Waals surface area contributed by atoms with E-state index in [1.807, 2.05) is 12.1 Å². The molecule has 0 spiro atoms. The first-order valence-electron chi connectivity index (χ1n) is 6.32. The fourth-order valence-electron chi connectivity index (χ4n) is 2.17. The van der Waals surface area contributed by atoms with Gasteiger partial charge >= 0.3 is 6.03 Å². The Hall–Kier alpha value is -1.27. The molecule has 0 aliphatic carbocycles. The number of amides is 2. The van der Waals surface area contributed by atoms with E-state index >= 15 is 0 Å². The molecule has 1 N–H and O–H groups in total. The number of sulfone groups is 1. The smallest absolute Gasteiger partial charge is 0.317 e. The normalized spacial score (nSPS) is 20.6. The minimum Gasteiger partial charge on any atom is -0.334 e. The molecule has 2 amide bonds. The van der Waals surface area contributed by atoms with Crippen molar-refractivity contribution in [3.8, 4) is 0 Å². The van der Waals surface area contributed by atoms with E-state index in [0.717, 1.165) is 5.56 Å². The van der Waals surface area contributed by atoms with Gasteiger partial charge in [0.1, 0.15) is 0 Å². The summed E-state index contributed by atoms with van der Waals surface area (Å²) in [6.07, 6.45) is 0.485. The molecule has 1 heterocycles. The summed E-state index contributed by atoms with van der Waals surface area (Å²) in [5.74, 6) is 0.180. The second-order valence-corrected chi connectivity index (χ2v) is 7.70. The van der Waals surface area contributed by atoms with Crippen molar-refractivity contribution in [1.82, 2.24) is 10.2 Å². The first kappa shape index (κ1) is 15.1. The van der Waals surface area contributed by atoms with Gasteiger partial charge in [0.15, 0.2) is 9.84 Å². The molecule has 20 heavy (non-hydrogen) atoms. The summed E-state index contributed by atoms with van der Waals surface area (Å²) in [5.41, 5.74) is 0.925. The highest BCUT2D eigenvalue weighted by Gasteiger charge is 2.29. The van der Waals surface area contributed by atoms with Crippen molar-refractivity contribution in [2.45, 2.75) is 19.0 Å². The summed E-state index contributed by atoms with van der Waals surface area (Å²) in [5, 5.41) is 3.37. The Morgan fingerprint density at radius 3 is 2.85 bits per heavy atom. The Balaban J connectivity index is 1.89. The average molecular weight is 317 g/mol. The predicted molar refractivity (Wildman–Crippen MR) is 78.5 cm³/mol. The molecule has 1 aromatic rings. The molecule has 7 heteroatoms. The number of nitrogens with zero attached hydrogens (tertiary/aromatic N) is 1. The van der Waals surface area contributed by atoms with Crippen LogP contribution in [0.2, 0.25) is 5.02 Å². The number of hydrogen-bond acceptors (Lipinski definition) is 3. The highest BCUT2D eigenvalue weighted by atomic mass is 35.5. The van der Waals surface area contributed by atoms with Crippen LogP contribution in [0.3, 0.4) is 0 Å².